The van der Waals surface area contributed by atoms with Crippen LogP contribution in [0.15, 0.2) is 139 Å². The number of pyridine rings is 2. The zero-order valence-electron chi connectivity index (χ0n) is 36.9. The summed E-state index contributed by atoms with van der Waals surface area (Å²) in [6.45, 7) is -0.847. The number of benzene rings is 6. The average molecular weight is 1030 g/mol. The summed E-state index contributed by atoms with van der Waals surface area (Å²) in [5.74, 6) is -5.45. The predicted molar refractivity (Wildman–Crippen MR) is 274 cm³/mol. The van der Waals surface area contributed by atoms with Gasteiger partial charge < -0.3 is 29.1 Å². The zero-order chi connectivity index (χ0) is 50.4. The minimum Gasteiger partial charge on any atom is -0.481 e. The Kier molecular flexibility index (Phi) is 15.7. The molecule has 21 heteroatoms. The van der Waals surface area contributed by atoms with E-state index in [0.717, 1.165) is 47.0 Å². The monoisotopic (exact) mass is 1030 g/mol. The first-order valence-electron chi connectivity index (χ1n) is 21.1. The van der Waals surface area contributed by atoms with Crippen LogP contribution in [0.25, 0.3) is 65.6 Å². The van der Waals surface area contributed by atoms with Gasteiger partial charge in [0.15, 0.2) is 0 Å². The lowest BCUT2D eigenvalue weighted by atomic mass is 9.97. The van der Waals surface area contributed by atoms with Gasteiger partial charge in [0.1, 0.15) is 34.7 Å². The molecule has 0 unspecified atom stereocenters. The number of aromatic carboxylic acids is 2. The average Bonchev–Trinajstić information content (AvgIpc) is 3.85. The molecule has 10 rings (SSSR count). The first-order valence-corrected chi connectivity index (χ1v) is 21.1. The standard InChI is InChI=1S/C26H17F2N3O5.C25H15F2N3O5.2CH4.ClH/c1-36-25-18(7-4-10-29-25)23-22-17-6-3-2-5-16(17)20(28)12-21(22)30(24(23)26(32)33)13-14-11-15(31(34)35)8-9-19(14)27;26-18-8-7-14(30(34)35)10-13(18)12-29-20-11-19(27)15-4-1-2-5-16(15)21(20)22(23(29)25(32)33)17-6-3-9-28-24(17)31;;;/h2-12H,13H2,1H3,(H,32,33);1-11H,12H2,(H,28,31)(H,32,33);2*1H4;1H. The molecule has 0 fully saturated rings. The molecule has 3 N–H and O–H groups in total. The summed E-state index contributed by atoms with van der Waals surface area (Å²) in [7, 11) is 1.39. The highest BCUT2D eigenvalue weighted by molar-refractivity contribution is 6.20. The van der Waals surface area contributed by atoms with Crippen molar-refractivity contribution in [1.29, 1.82) is 0 Å². The fourth-order valence-corrected chi connectivity index (χ4v) is 8.93. The Hall–Kier alpha value is -9.43. The van der Waals surface area contributed by atoms with Crippen LogP contribution in [0, 0.1) is 43.5 Å². The van der Waals surface area contributed by atoms with Crippen molar-refractivity contribution in [1.82, 2.24) is 19.1 Å². The highest BCUT2D eigenvalue weighted by atomic mass is 35.5. The molecule has 0 bridgehead atoms. The molecule has 378 valence electrons. The molecule has 0 aliphatic carbocycles. The molecule has 0 atom stereocenters. The number of nitrogens with one attached hydrogen (secondary N) is 1. The van der Waals surface area contributed by atoms with Gasteiger partial charge in [0.25, 0.3) is 16.9 Å². The molecule has 0 aliphatic heterocycles. The summed E-state index contributed by atoms with van der Waals surface area (Å²) >= 11 is 0. The number of carboxylic acid groups (broad SMARTS) is 2. The van der Waals surface area contributed by atoms with Crippen molar-refractivity contribution in [3.8, 4) is 28.1 Å². The number of non-ortho nitro benzene ring substituents is 2. The summed E-state index contributed by atoms with van der Waals surface area (Å²) in [5, 5.41) is 45.0. The summed E-state index contributed by atoms with van der Waals surface area (Å²) in [5.41, 5.74) is -1.33. The van der Waals surface area contributed by atoms with Gasteiger partial charge in [-0.15, -0.1) is 12.4 Å². The van der Waals surface area contributed by atoms with E-state index in [4.69, 9.17) is 4.74 Å². The molecule has 0 aliphatic rings. The van der Waals surface area contributed by atoms with E-state index in [1.807, 2.05) is 0 Å². The van der Waals surface area contributed by atoms with Crippen molar-refractivity contribution in [2.75, 3.05) is 7.11 Å². The fourth-order valence-electron chi connectivity index (χ4n) is 8.93. The Balaban J connectivity index is 0.000000232. The molecule has 0 saturated carbocycles. The number of nitrogens with zero attached hydrogens (tertiary/aromatic N) is 5. The Morgan fingerprint density at radius 1 is 0.622 bits per heavy atom. The molecular weight excluding hydrogens is 992 g/mol. The molecule has 0 amide bonds. The summed E-state index contributed by atoms with van der Waals surface area (Å²) in [4.78, 5) is 65.7. The van der Waals surface area contributed by atoms with Crippen molar-refractivity contribution < 1.29 is 51.9 Å². The predicted octanol–water partition coefficient (Wildman–Crippen LogP) is 12.6. The maximum atomic E-state index is 15.2. The molecule has 4 aromatic heterocycles. The Morgan fingerprint density at radius 2 is 1.05 bits per heavy atom. The van der Waals surface area contributed by atoms with E-state index in [2.05, 4.69) is 9.97 Å². The van der Waals surface area contributed by atoms with Crippen molar-refractivity contribution in [2.24, 2.45) is 0 Å². The third-order valence-electron chi connectivity index (χ3n) is 11.9. The SMILES string of the molecule is C.C.COc1ncccc1-c1c(C(=O)O)n(Cc2cc([N+](=O)[O-])ccc2F)c2cc(F)c3ccccc3c12.Cl.O=C(O)c1c(-c2ccc[nH]c2=O)c2c3ccccc3c(F)cc2n1Cc1cc([N+](=O)[O-])ccc1F. The molecular formula is C53H41ClF4N6O10. The first-order chi connectivity index (χ1) is 34.1. The number of nitro benzene ring substituents is 2. The highest BCUT2D eigenvalue weighted by Crippen LogP contribution is 2.44. The maximum absolute atomic E-state index is 15.2. The van der Waals surface area contributed by atoms with E-state index in [9.17, 15) is 53.6 Å². The van der Waals surface area contributed by atoms with Crippen LogP contribution >= 0.6 is 12.4 Å². The smallest absolute Gasteiger partial charge is 0.353 e. The number of H-pyrrole nitrogens is 1. The first kappa shape index (κ1) is 53.9. The van der Waals surface area contributed by atoms with Gasteiger partial charge in [-0.25, -0.2) is 32.1 Å². The number of halogens is 5. The number of nitro groups is 2. The Labute approximate surface area is 422 Å². The van der Waals surface area contributed by atoms with Crippen molar-refractivity contribution >= 4 is 79.1 Å². The van der Waals surface area contributed by atoms with Crippen LogP contribution in [0.3, 0.4) is 0 Å². The second kappa shape index (κ2) is 21.5. The van der Waals surface area contributed by atoms with E-state index in [-0.39, 0.29) is 106 Å². The van der Waals surface area contributed by atoms with Crippen LogP contribution in [0.2, 0.25) is 0 Å². The minimum absolute atomic E-state index is 0. The van der Waals surface area contributed by atoms with E-state index >= 15 is 8.78 Å². The topological polar surface area (TPSA) is 226 Å². The third kappa shape index (κ3) is 9.43. The zero-order valence-corrected chi connectivity index (χ0v) is 37.7. The van der Waals surface area contributed by atoms with Gasteiger partial charge in [0, 0.05) is 86.0 Å². The van der Waals surface area contributed by atoms with Gasteiger partial charge in [0.2, 0.25) is 5.88 Å². The molecule has 0 radical (unpaired) electrons. The van der Waals surface area contributed by atoms with Crippen LogP contribution in [-0.4, -0.2) is 58.2 Å². The number of aromatic nitrogens is 4. The lowest BCUT2D eigenvalue weighted by Gasteiger charge is -2.11. The van der Waals surface area contributed by atoms with E-state index in [1.165, 1.54) is 48.3 Å². The summed E-state index contributed by atoms with van der Waals surface area (Å²) < 4.78 is 67.5. The summed E-state index contributed by atoms with van der Waals surface area (Å²) in [6, 6.07) is 27.4. The van der Waals surface area contributed by atoms with E-state index in [0.29, 0.717) is 27.1 Å². The number of rotatable bonds is 11. The van der Waals surface area contributed by atoms with Crippen molar-refractivity contribution in [3.63, 3.8) is 0 Å². The second-order valence-corrected chi connectivity index (χ2v) is 15.9. The molecule has 74 heavy (non-hydrogen) atoms. The third-order valence-corrected chi connectivity index (χ3v) is 11.9. The number of hydrogen-bond acceptors (Lipinski definition) is 9. The normalized spacial score (nSPS) is 10.8. The van der Waals surface area contributed by atoms with Crippen molar-refractivity contribution in [2.45, 2.75) is 27.9 Å². The molecule has 0 spiro atoms. The van der Waals surface area contributed by atoms with E-state index in [1.54, 1.807) is 54.6 Å². The van der Waals surface area contributed by atoms with Crippen LogP contribution in [0.5, 0.6) is 5.88 Å². The van der Waals surface area contributed by atoms with Gasteiger partial charge >= 0.3 is 11.9 Å². The van der Waals surface area contributed by atoms with Crippen LogP contribution in [0.4, 0.5) is 28.9 Å². The number of methoxy groups -OCH3 is 1. The van der Waals surface area contributed by atoms with Gasteiger partial charge in [0.05, 0.1) is 46.6 Å². The maximum Gasteiger partial charge on any atom is 0.353 e. The molecule has 4 heterocycles. The van der Waals surface area contributed by atoms with Crippen molar-refractivity contribution in [3.05, 3.63) is 210 Å². The Morgan fingerprint density at radius 3 is 1.47 bits per heavy atom. The number of aromatic amines is 1. The molecule has 6 aromatic carbocycles. The molecule has 16 nitrogen and oxygen atoms in total. The van der Waals surface area contributed by atoms with Crippen LogP contribution in [-0.2, 0) is 13.1 Å². The largest absolute Gasteiger partial charge is 0.481 e. The van der Waals surface area contributed by atoms with Gasteiger partial charge in [-0.05, 0) is 59.3 Å². The van der Waals surface area contributed by atoms with Gasteiger partial charge in [-0.1, -0.05) is 63.4 Å². The fraction of sp³-hybridized carbons (Fsp3) is 0.0943. The lowest BCUT2D eigenvalue weighted by Crippen LogP contribution is -2.14. The van der Waals surface area contributed by atoms with E-state index < -0.39 is 63.7 Å². The number of carbonyl (C=O) groups is 2. The van der Waals surface area contributed by atoms with Gasteiger partial charge in [-0.3, -0.25) is 25.0 Å². The second-order valence-electron chi connectivity index (χ2n) is 15.9. The minimum atomic E-state index is -1.44. The number of ether oxygens (including phenoxy) is 1. The number of carboxylic acids is 2. The molecule has 10 aromatic rings. The number of fused-ring (bicyclic) bond motifs is 6. The van der Waals surface area contributed by atoms with Crippen LogP contribution < -0.4 is 10.3 Å². The Bertz CT molecular complexity index is 3950. The summed E-state index contributed by atoms with van der Waals surface area (Å²) in [6.07, 6.45) is 2.87. The van der Waals surface area contributed by atoms with Gasteiger partial charge in [-0.2, -0.15) is 0 Å². The number of hydrogen-bond donors (Lipinski definition) is 3. The highest BCUT2D eigenvalue weighted by Gasteiger charge is 2.31. The van der Waals surface area contributed by atoms with Crippen LogP contribution in [0.1, 0.15) is 47.0 Å². The quantitative estimate of drug-likeness (QED) is 0.0627. The lowest BCUT2D eigenvalue weighted by molar-refractivity contribution is -0.385. The molecule has 0 saturated heterocycles.